The monoisotopic (exact) mass is 372 g/mol. The van der Waals surface area contributed by atoms with Gasteiger partial charge in [0, 0.05) is 11.4 Å². The predicted molar refractivity (Wildman–Crippen MR) is 100 cm³/mol. The minimum atomic E-state index is -0.380. The second-order valence-electron chi connectivity index (χ2n) is 6.27. The summed E-state index contributed by atoms with van der Waals surface area (Å²) in [4.78, 5) is 26.2. The van der Waals surface area contributed by atoms with Gasteiger partial charge in [-0.05, 0) is 37.1 Å². The zero-order valence-electron chi connectivity index (χ0n) is 13.8. The van der Waals surface area contributed by atoms with Crippen LogP contribution in [0.5, 0.6) is 0 Å². The van der Waals surface area contributed by atoms with Crippen molar-refractivity contribution in [2.75, 3.05) is 37.2 Å². The van der Waals surface area contributed by atoms with Gasteiger partial charge < -0.3 is 16.8 Å². The molecule has 2 rings (SSSR count). The van der Waals surface area contributed by atoms with Crippen LogP contribution in [0.15, 0.2) is 29.2 Å². The van der Waals surface area contributed by atoms with Crippen molar-refractivity contribution < 1.29 is 9.59 Å². The average Bonchev–Trinajstić information content (AvgIpc) is 2.88. The molecule has 0 aliphatic carbocycles. The molecule has 1 aromatic carbocycles. The number of nitrogens with zero attached hydrogens (tertiary/aromatic N) is 1. The van der Waals surface area contributed by atoms with Crippen LogP contribution >= 0.6 is 24.2 Å². The molecule has 2 amide bonds. The Morgan fingerprint density at radius 1 is 1.38 bits per heavy atom. The zero-order chi connectivity index (χ0) is 16.9. The summed E-state index contributed by atoms with van der Waals surface area (Å²) in [5.41, 5.74) is 11.8. The molecule has 0 bridgehead atoms. The van der Waals surface area contributed by atoms with Gasteiger partial charge >= 0.3 is 0 Å². The normalized spacial score (nSPS) is 20.4. The van der Waals surface area contributed by atoms with E-state index in [-0.39, 0.29) is 35.4 Å². The van der Waals surface area contributed by atoms with Crippen molar-refractivity contribution in [3.8, 4) is 0 Å². The molecule has 1 aliphatic heterocycles. The van der Waals surface area contributed by atoms with Crippen molar-refractivity contribution in [2.45, 2.75) is 18.2 Å². The first-order chi connectivity index (χ1) is 10.9. The molecule has 6 nitrogen and oxygen atoms in total. The summed E-state index contributed by atoms with van der Waals surface area (Å²) in [6, 6.07) is 7.41. The van der Waals surface area contributed by atoms with E-state index in [2.05, 4.69) is 17.1 Å². The maximum absolute atomic E-state index is 12.3. The molecular formula is C16H25ClN4O2S. The largest absolute Gasteiger partial charge is 0.369 e. The summed E-state index contributed by atoms with van der Waals surface area (Å²) in [6.45, 7) is 4.87. The van der Waals surface area contributed by atoms with Crippen LogP contribution in [0.25, 0.3) is 0 Å². The maximum Gasteiger partial charge on any atom is 0.238 e. The third-order valence-corrected chi connectivity index (χ3v) is 5.12. The standard InChI is InChI=1S/C16H24N4O2S.ClH/c1-16(10-17)6-7-20(11-16)8-15(22)19-12-4-2-3-5-13(12)23-9-14(18)21;/h2-5H,6-11,17H2,1H3,(H2,18,21)(H,19,22);1H. The fourth-order valence-electron chi connectivity index (χ4n) is 2.67. The Hall–Kier alpha value is -1.28. The van der Waals surface area contributed by atoms with Crippen LogP contribution in [0.2, 0.25) is 0 Å². The topological polar surface area (TPSA) is 101 Å². The Morgan fingerprint density at radius 3 is 2.71 bits per heavy atom. The second-order valence-corrected chi connectivity index (χ2v) is 7.29. The molecule has 1 unspecified atom stereocenters. The van der Waals surface area contributed by atoms with Crippen molar-refractivity contribution >= 4 is 41.7 Å². The molecule has 134 valence electrons. The highest BCUT2D eigenvalue weighted by Gasteiger charge is 2.33. The van der Waals surface area contributed by atoms with Crippen LogP contribution in [0.4, 0.5) is 5.69 Å². The number of hydrogen-bond acceptors (Lipinski definition) is 5. The van der Waals surface area contributed by atoms with Gasteiger partial charge in [-0.25, -0.2) is 0 Å². The number of benzene rings is 1. The number of nitrogens with one attached hydrogen (secondary N) is 1. The van der Waals surface area contributed by atoms with Gasteiger partial charge in [0.15, 0.2) is 0 Å². The van der Waals surface area contributed by atoms with Gasteiger partial charge in [0.2, 0.25) is 11.8 Å². The number of anilines is 1. The molecule has 1 fully saturated rings. The lowest BCUT2D eigenvalue weighted by atomic mass is 9.90. The molecule has 1 atom stereocenters. The molecule has 0 saturated carbocycles. The second kappa shape index (κ2) is 9.27. The fourth-order valence-corrected chi connectivity index (χ4v) is 3.41. The molecule has 5 N–H and O–H groups in total. The van der Waals surface area contributed by atoms with Gasteiger partial charge in [-0.2, -0.15) is 0 Å². The van der Waals surface area contributed by atoms with Crippen molar-refractivity contribution in [1.29, 1.82) is 0 Å². The highest BCUT2D eigenvalue weighted by atomic mass is 35.5. The molecule has 1 saturated heterocycles. The summed E-state index contributed by atoms with van der Waals surface area (Å²) >= 11 is 1.32. The quantitative estimate of drug-likeness (QED) is 0.626. The number of hydrogen-bond donors (Lipinski definition) is 3. The third-order valence-electron chi connectivity index (χ3n) is 4.03. The van der Waals surface area contributed by atoms with Crippen LogP contribution in [0, 0.1) is 5.41 Å². The van der Waals surface area contributed by atoms with Crippen LogP contribution < -0.4 is 16.8 Å². The van der Waals surface area contributed by atoms with Gasteiger partial charge in [0.25, 0.3) is 0 Å². The van der Waals surface area contributed by atoms with Crippen molar-refractivity contribution in [1.82, 2.24) is 4.90 Å². The number of amides is 2. The van der Waals surface area contributed by atoms with Gasteiger partial charge in [0.05, 0.1) is 18.0 Å². The van der Waals surface area contributed by atoms with E-state index >= 15 is 0 Å². The van der Waals surface area contributed by atoms with Crippen molar-refractivity contribution in [2.24, 2.45) is 16.9 Å². The SMILES string of the molecule is CC1(CN)CCN(CC(=O)Nc2ccccc2SCC(N)=O)C1.Cl. The average molecular weight is 373 g/mol. The van der Waals surface area contributed by atoms with E-state index in [0.29, 0.717) is 18.8 Å². The summed E-state index contributed by atoms with van der Waals surface area (Å²) in [6.07, 6.45) is 1.02. The Morgan fingerprint density at radius 2 is 2.08 bits per heavy atom. The lowest BCUT2D eigenvalue weighted by Gasteiger charge is -2.22. The summed E-state index contributed by atoms with van der Waals surface area (Å²) in [7, 11) is 0. The highest BCUT2D eigenvalue weighted by molar-refractivity contribution is 8.00. The lowest BCUT2D eigenvalue weighted by molar-refractivity contribution is -0.117. The number of rotatable bonds is 7. The van der Waals surface area contributed by atoms with Crippen LogP contribution in [0.3, 0.4) is 0 Å². The smallest absolute Gasteiger partial charge is 0.238 e. The molecule has 1 heterocycles. The Bertz CT molecular complexity index is 587. The number of para-hydroxylation sites is 1. The Balaban J connectivity index is 0.00000288. The summed E-state index contributed by atoms with van der Waals surface area (Å²) in [5.74, 6) is -0.249. The molecular weight excluding hydrogens is 348 g/mol. The highest BCUT2D eigenvalue weighted by Crippen LogP contribution is 2.29. The number of carbonyl (C=O) groups excluding carboxylic acids is 2. The molecule has 1 aromatic rings. The van der Waals surface area contributed by atoms with Gasteiger partial charge in [-0.3, -0.25) is 14.5 Å². The Labute approximate surface area is 153 Å². The van der Waals surface area contributed by atoms with Gasteiger partial charge in [-0.1, -0.05) is 19.1 Å². The van der Waals surface area contributed by atoms with Gasteiger partial charge in [-0.15, -0.1) is 24.2 Å². The van der Waals surface area contributed by atoms with E-state index in [0.717, 1.165) is 24.4 Å². The molecule has 24 heavy (non-hydrogen) atoms. The first-order valence-corrected chi connectivity index (χ1v) is 8.63. The van der Waals surface area contributed by atoms with Crippen LogP contribution in [-0.4, -0.2) is 48.6 Å². The number of primary amides is 1. The van der Waals surface area contributed by atoms with E-state index in [1.165, 1.54) is 11.8 Å². The molecule has 1 aliphatic rings. The maximum atomic E-state index is 12.3. The Kier molecular flexibility index (Phi) is 8.02. The number of likely N-dealkylation sites (tertiary alicyclic amines) is 1. The van der Waals surface area contributed by atoms with Crippen molar-refractivity contribution in [3.63, 3.8) is 0 Å². The van der Waals surface area contributed by atoms with Crippen LogP contribution in [-0.2, 0) is 9.59 Å². The van der Waals surface area contributed by atoms with E-state index < -0.39 is 0 Å². The van der Waals surface area contributed by atoms with Crippen molar-refractivity contribution in [3.05, 3.63) is 24.3 Å². The number of halogens is 1. The van der Waals surface area contributed by atoms with Crippen LogP contribution in [0.1, 0.15) is 13.3 Å². The third kappa shape index (κ3) is 5.98. The molecule has 0 aromatic heterocycles. The fraction of sp³-hybridized carbons (Fsp3) is 0.500. The van der Waals surface area contributed by atoms with E-state index in [9.17, 15) is 9.59 Å². The molecule has 0 radical (unpaired) electrons. The van der Waals surface area contributed by atoms with E-state index in [1.807, 2.05) is 24.3 Å². The predicted octanol–water partition coefficient (Wildman–Crippen LogP) is 1.29. The number of nitrogens with two attached hydrogens (primary N) is 2. The minimum Gasteiger partial charge on any atom is -0.369 e. The minimum absolute atomic E-state index is 0. The van der Waals surface area contributed by atoms with E-state index in [1.54, 1.807) is 0 Å². The molecule has 8 heteroatoms. The summed E-state index contributed by atoms with van der Waals surface area (Å²) in [5, 5.41) is 2.92. The van der Waals surface area contributed by atoms with E-state index in [4.69, 9.17) is 11.5 Å². The molecule has 0 spiro atoms. The number of thioether (sulfide) groups is 1. The first-order valence-electron chi connectivity index (χ1n) is 7.64. The lowest BCUT2D eigenvalue weighted by Crippen LogP contribution is -2.35. The zero-order valence-corrected chi connectivity index (χ0v) is 15.4. The van der Waals surface area contributed by atoms with Gasteiger partial charge in [0.1, 0.15) is 0 Å². The number of carbonyl (C=O) groups is 2. The summed E-state index contributed by atoms with van der Waals surface area (Å²) < 4.78 is 0. The first kappa shape index (κ1) is 20.8.